The molecule has 20 heavy (non-hydrogen) atoms. The van der Waals surface area contributed by atoms with E-state index < -0.39 is 5.97 Å². The van der Waals surface area contributed by atoms with Crippen LogP contribution in [-0.2, 0) is 16.7 Å². The van der Waals surface area contributed by atoms with Gasteiger partial charge in [0.25, 0.3) is 0 Å². The Balaban J connectivity index is 2.12. The Morgan fingerprint density at radius 1 is 1.30 bits per heavy atom. The van der Waals surface area contributed by atoms with E-state index in [1.54, 1.807) is 17.8 Å². The molecule has 0 radical (unpaired) electrons. The summed E-state index contributed by atoms with van der Waals surface area (Å²) in [6, 6.07) is 10.2. The lowest BCUT2D eigenvalue weighted by Crippen LogP contribution is -2.24. The van der Waals surface area contributed by atoms with Gasteiger partial charge >= 0.3 is 5.97 Å². The second kappa shape index (κ2) is 5.86. The van der Waals surface area contributed by atoms with Crippen molar-refractivity contribution in [3.05, 3.63) is 47.8 Å². The maximum atomic E-state index is 11.6. The van der Waals surface area contributed by atoms with Gasteiger partial charge in [0.15, 0.2) is 5.69 Å². The highest BCUT2D eigenvalue weighted by Crippen LogP contribution is 2.24. The van der Waals surface area contributed by atoms with Crippen LogP contribution in [0.25, 0.3) is 0 Å². The van der Waals surface area contributed by atoms with E-state index >= 15 is 0 Å². The molecule has 5 heteroatoms. The first kappa shape index (κ1) is 14.2. The largest absolute Gasteiger partial charge is 0.461 e. The molecule has 0 aliphatic rings. The van der Waals surface area contributed by atoms with E-state index in [4.69, 9.17) is 4.74 Å². The van der Waals surface area contributed by atoms with E-state index in [9.17, 15) is 4.79 Å². The van der Waals surface area contributed by atoms with Gasteiger partial charge in [0, 0.05) is 5.41 Å². The van der Waals surface area contributed by atoms with Gasteiger partial charge in [-0.2, -0.15) is 0 Å². The van der Waals surface area contributed by atoms with E-state index in [2.05, 4.69) is 36.3 Å². The second-order valence-electron chi connectivity index (χ2n) is 5.27. The van der Waals surface area contributed by atoms with Crippen LogP contribution in [0.5, 0.6) is 0 Å². The molecule has 0 saturated heterocycles. The Hall–Kier alpha value is -2.17. The van der Waals surface area contributed by atoms with Crippen LogP contribution in [-0.4, -0.2) is 27.6 Å². The predicted molar refractivity (Wildman–Crippen MR) is 75.4 cm³/mol. The van der Waals surface area contributed by atoms with E-state index in [0.29, 0.717) is 13.2 Å². The Kier molecular flexibility index (Phi) is 4.17. The van der Waals surface area contributed by atoms with Crippen molar-refractivity contribution < 1.29 is 9.53 Å². The maximum Gasteiger partial charge on any atom is 0.360 e. The molecule has 0 N–H and O–H groups in total. The topological polar surface area (TPSA) is 57.0 Å². The van der Waals surface area contributed by atoms with Gasteiger partial charge in [0.2, 0.25) is 0 Å². The molecule has 0 spiro atoms. The van der Waals surface area contributed by atoms with Crippen LogP contribution in [0.2, 0.25) is 0 Å². The van der Waals surface area contributed by atoms with Crippen molar-refractivity contribution in [3.8, 4) is 0 Å². The third kappa shape index (κ3) is 3.23. The molecule has 106 valence electrons. The Morgan fingerprint density at radius 2 is 2.00 bits per heavy atom. The summed E-state index contributed by atoms with van der Waals surface area (Å²) in [4.78, 5) is 11.6. The number of nitrogens with zero attached hydrogens (tertiary/aromatic N) is 3. The summed E-state index contributed by atoms with van der Waals surface area (Å²) in [5, 5.41) is 7.85. The highest BCUT2D eigenvalue weighted by Gasteiger charge is 2.22. The minimum atomic E-state index is -0.434. The van der Waals surface area contributed by atoms with Crippen LogP contribution >= 0.6 is 0 Å². The van der Waals surface area contributed by atoms with Gasteiger partial charge in [-0.1, -0.05) is 49.4 Å². The van der Waals surface area contributed by atoms with Crippen molar-refractivity contribution in [3.63, 3.8) is 0 Å². The summed E-state index contributed by atoms with van der Waals surface area (Å²) in [6.07, 6.45) is 1.63. The van der Waals surface area contributed by atoms with Gasteiger partial charge in [-0.15, -0.1) is 5.10 Å². The quantitative estimate of drug-likeness (QED) is 0.785. The summed E-state index contributed by atoms with van der Waals surface area (Å²) in [7, 11) is 0. The zero-order valence-electron chi connectivity index (χ0n) is 12.0. The molecular weight excluding hydrogens is 254 g/mol. The highest BCUT2D eigenvalue weighted by atomic mass is 16.5. The van der Waals surface area contributed by atoms with Gasteiger partial charge in [-0.25, -0.2) is 4.79 Å². The summed E-state index contributed by atoms with van der Waals surface area (Å²) in [5.74, 6) is -0.434. The number of aromatic nitrogens is 3. The van der Waals surface area contributed by atoms with Crippen molar-refractivity contribution in [1.29, 1.82) is 0 Å². The number of carbonyl (C=O) groups is 1. The lowest BCUT2D eigenvalue weighted by atomic mass is 9.85. The van der Waals surface area contributed by atoms with Crippen molar-refractivity contribution in [2.24, 2.45) is 0 Å². The molecule has 1 aromatic carbocycles. The summed E-state index contributed by atoms with van der Waals surface area (Å²) in [6.45, 7) is 7.01. The second-order valence-corrected chi connectivity index (χ2v) is 5.27. The lowest BCUT2D eigenvalue weighted by Gasteiger charge is -2.24. The van der Waals surface area contributed by atoms with Crippen molar-refractivity contribution in [2.45, 2.75) is 32.7 Å². The number of esters is 1. The van der Waals surface area contributed by atoms with Crippen LogP contribution in [0.15, 0.2) is 36.5 Å². The molecule has 5 nitrogen and oxygen atoms in total. The van der Waals surface area contributed by atoms with Crippen LogP contribution < -0.4 is 0 Å². The van der Waals surface area contributed by atoms with Gasteiger partial charge in [0.05, 0.1) is 19.3 Å². The van der Waals surface area contributed by atoms with Crippen LogP contribution in [0.3, 0.4) is 0 Å². The van der Waals surface area contributed by atoms with Crippen LogP contribution in [0.4, 0.5) is 0 Å². The van der Waals surface area contributed by atoms with Crippen molar-refractivity contribution in [2.75, 3.05) is 6.61 Å². The first-order chi connectivity index (χ1) is 9.53. The molecule has 0 aliphatic carbocycles. The molecule has 0 bridgehead atoms. The number of carbonyl (C=O) groups excluding carboxylic acids is 1. The fourth-order valence-electron chi connectivity index (χ4n) is 2.06. The first-order valence-electron chi connectivity index (χ1n) is 6.65. The number of ether oxygens (including phenoxy) is 1. The third-order valence-electron chi connectivity index (χ3n) is 3.14. The molecule has 1 heterocycles. The molecule has 0 amide bonds. The smallest absolute Gasteiger partial charge is 0.360 e. The zero-order valence-corrected chi connectivity index (χ0v) is 12.0. The molecule has 0 atom stereocenters. The van der Waals surface area contributed by atoms with E-state index in [0.717, 1.165) is 0 Å². The highest BCUT2D eigenvalue weighted by molar-refractivity contribution is 5.86. The van der Waals surface area contributed by atoms with E-state index in [-0.39, 0.29) is 11.1 Å². The molecule has 2 rings (SSSR count). The number of hydrogen-bond acceptors (Lipinski definition) is 4. The monoisotopic (exact) mass is 273 g/mol. The molecule has 0 fully saturated rings. The van der Waals surface area contributed by atoms with Crippen LogP contribution in [0.1, 0.15) is 36.8 Å². The number of rotatable bonds is 5. The Morgan fingerprint density at radius 3 is 2.65 bits per heavy atom. The zero-order chi connectivity index (χ0) is 14.6. The van der Waals surface area contributed by atoms with E-state index in [1.165, 1.54) is 5.56 Å². The van der Waals surface area contributed by atoms with Gasteiger partial charge < -0.3 is 4.74 Å². The van der Waals surface area contributed by atoms with E-state index in [1.807, 2.05) is 18.2 Å². The molecule has 0 aliphatic heterocycles. The molecular formula is C15H19N3O2. The standard InChI is InChI=1S/C15H19N3O2/c1-4-20-14(19)13-10-18(17-16-13)11-15(2,3)12-8-6-5-7-9-12/h5-10H,4,11H2,1-3H3. The minimum Gasteiger partial charge on any atom is -0.461 e. The third-order valence-corrected chi connectivity index (χ3v) is 3.14. The summed E-state index contributed by atoms with van der Waals surface area (Å²) >= 11 is 0. The van der Waals surface area contributed by atoms with Gasteiger partial charge in [0.1, 0.15) is 0 Å². The predicted octanol–water partition coefficient (Wildman–Crippen LogP) is 2.43. The Labute approximate surface area is 118 Å². The average molecular weight is 273 g/mol. The molecule has 1 aromatic heterocycles. The van der Waals surface area contributed by atoms with Crippen molar-refractivity contribution in [1.82, 2.24) is 15.0 Å². The van der Waals surface area contributed by atoms with Gasteiger partial charge in [-0.05, 0) is 12.5 Å². The molecule has 0 unspecified atom stereocenters. The molecule has 0 saturated carbocycles. The normalized spacial score (nSPS) is 11.3. The maximum absolute atomic E-state index is 11.6. The number of hydrogen-bond donors (Lipinski definition) is 0. The fraction of sp³-hybridized carbons (Fsp3) is 0.400. The average Bonchev–Trinajstić information content (AvgIpc) is 2.88. The summed E-state index contributed by atoms with van der Waals surface area (Å²) < 4.78 is 6.58. The van der Waals surface area contributed by atoms with Crippen molar-refractivity contribution >= 4 is 5.97 Å². The van der Waals surface area contributed by atoms with Crippen LogP contribution in [0, 0.1) is 0 Å². The van der Waals surface area contributed by atoms with Gasteiger partial charge in [-0.3, -0.25) is 4.68 Å². The fourth-order valence-corrected chi connectivity index (χ4v) is 2.06. The lowest BCUT2D eigenvalue weighted by molar-refractivity contribution is 0.0519. The summed E-state index contributed by atoms with van der Waals surface area (Å²) in [5.41, 5.74) is 1.37. The minimum absolute atomic E-state index is 0.0963. The SMILES string of the molecule is CCOC(=O)c1cn(CC(C)(C)c2ccccc2)nn1. The first-order valence-corrected chi connectivity index (χ1v) is 6.65. The Bertz CT molecular complexity index is 576. The molecule has 2 aromatic rings. The number of benzene rings is 1.